The van der Waals surface area contributed by atoms with Crippen molar-refractivity contribution in [3.8, 4) is 0 Å². The molecule has 0 saturated heterocycles. The van der Waals surface area contributed by atoms with Crippen LogP contribution in [0.5, 0.6) is 0 Å². The van der Waals surface area contributed by atoms with Gasteiger partial charge in [-0.25, -0.2) is 8.42 Å². The number of anilines is 2. The lowest BCUT2D eigenvalue weighted by atomic mass is 10.0. The fourth-order valence-electron chi connectivity index (χ4n) is 2.79. The second kappa shape index (κ2) is 7.05. The van der Waals surface area contributed by atoms with Crippen molar-refractivity contribution in [1.29, 1.82) is 0 Å². The highest BCUT2D eigenvalue weighted by molar-refractivity contribution is 7.92. The van der Waals surface area contributed by atoms with Crippen LogP contribution in [0, 0.1) is 0 Å². The zero-order valence-electron chi connectivity index (χ0n) is 13.3. The molecule has 0 unspecified atom stereocenters. The number of carbonyl (C=O) groups is 1. The molecule has 1 heterocycles. The summed E-state index contributed by atoms with van der Waals surface area (Å²) in [5.41, 5.74) is 3.40. The average Bonchev–Trinajstić information content (AvgIpc) is 2.55. The Morgan fingerprint density at radius 1 is 1.04 bits per heavy atom. The summed E-state index contributed by atoms with van der Waals surface area (Å²) in [7, 11) is -3.38. The largest absolute Gasteiger partial charge is 0.326 e. The van der Waals surface area contributed by atoms with E-state index in [-0.39, 0.29) is 11.7 Å². The maximum atomic E-state index is 12.2. The first-order valence-electron chi connectivity index (χ1n) is 7.99. The van der Waals surface area contributed by atoms with Crippen molar-refractivity contribution >= 4 is 27.3 Å². The first-order valence-corrected chi connectivity index (χ1v) is 9.64. The Balaban J connectivity index is 1.59. The highest BCUT2D eigenvalue weighted by atomic mass is 32.2. The first kappa shape index (κ1) is 16.5. The molecule has 3 rings (SSSR count). The summed E-state index contributed by atoms with van der Waals surface area (Å²) >= 11 is 0. The van der Waals surface area contributed by atoms with Gasteiger partial charge in [-0.2, -0.15) is 0 Å². The summed E-state index contributed by atoms with van der Waals surface area (Å²) < 4.78 is 27.1. The van der Waals surface area contributed by atoms with Gasteiger partial charge in [-0.05, 0) is 48.6 Å². The van der Waals surface area contributed by atoms with Crippen molar-refractivity contribution in [3.63, 3.8) is 0 Å². The monoisotopic (exact) mass is 344 g/mol. The molecule has 0 atom stereocenters. The number of rotatable bonds is 6. The standard InChI is InChI=1S/C18H20N2O3S/c21-18-11-8-15-13-16(9-10-17(15)19-18)20-24(22,23)12-4-7-14-5-2-1-3-6-14/h1-3,5-6,9-10,13,20H,4,7-8,11-12H2,(H,19,21). The molecule has 0 fully saturated rings. The van der Waals surface area contributed by atoms with Gasteiger partial charge in [0.15, 0.2) is 0 Å². The van der Waals surface area contributed by atoms with Crippen molar-refractivity contribution in [2.24, 2.45) is 0 Å². The highest BCUT2D eigenvalue weighted by Crippen LogP contribution is 2.26. The van der Waals surface area contributed by atoms with Gasteiger partial charge in [0.25, 0.3) is 0 Å². The van der Waals surface area contributed by atoms with Crippen LogP contribution in [0.2, 0.25) is 0 Å². The second-order valence-corrected chi connectivity index (χ2v) is 7.77. The summed E-state index contributed by atoms with van der Waals surface area (Å²) in [5, 5.41) is 2.79. The Morgan fingerprint density at radius 3 is 2.62 bits per heavy atom. The molecular formula is C18H20N2O3S. The fraction of sp³-hybridized carbons (Fsp3) is 0.278. The van der Waals surface area contributed by atoms with Crippen LogP contribution in [-0.2, 0) is 27.7 Å². The number of carbonyl (C=O) groups excluding carboxylic acids is 1. The fourth-order valence-corrected chi connectivity index (χ4v) is 3.90. The molecule has 0 aromatic heterocycles. The molecule has 1 amide bonds. The molecule has 2 aromatic rings. The topological polar surface area (TPSA) is 75.3 Å². The van der Waals surface area contributed by atoms with Crippen molar-refractivity contribution in [2.75, 3.05) is 15.8 Å². The number of sulfonamides is 1. The van der Waals surface area contributed by atoms with Crippen LogP contribution in [-0.4, -0.2) is 20.1 Å². The molecule has 2 aromatic carbocycles. The van der Waals surface area contributed by atoms with E-state index in [1.54, 1.807) is 18.2 Å². The molecule has 0 spiro atoms. The van der Waals surface area contributed by atoms with E-state index in [4.69, 9.17) is 0 Å². The molecule has 2 N–H and O–H groups in total. The minimum atomic E-state index is -3.38. The SMILES string of the molecule is O=C1CCc2cc(NS(=O)(=O)CCCc3ccccc3)ccc2N1. The number of benzene rings is 2. The van der Waals surface area contributed by atoms with E-state index in [9.17, 15) is 13.2 Å². The molecule has 6 heteroatoms. The highest BCUT2D eigenvalue weighted by Gasteiger charge is 2.16. The first-order chi connectivity index (χ1) is 11.5. The van der Waals surface area contributed by atoms with Gasteiger partial charge >= 0.3 is 0 Å². The maximum Gasteiger partial charge on any atom is 0.232 e. The average molecular weight is 344 g/mol. The van der Waals surface area contributed by atoms with E-state index >= 15 is 0 Å². The lowest BCUT2D eigenvalue weighted by molar-refractivity contribution is -0.116. The van der Waals surface area contributed by atoms with Crippen LogP contribution in [0.3, 0.4) is 0 Å². The van der Waals surface area contributed by atoms with Crippen LogP contribution in [0.15, 0.2) is 48.5 Å². The van der Waals surface area contributed by atoms with Gasteiger partial charge in [0, 0.05) is 17.8 Å². The van der Waals surface area contributed by atoms with E-state index in [0.29, 0.717) is 24.9 Å². The number of aryl methyl sites for hydroxylation is 2. The summed E-state index contributed by atoms with van der Waals surface area (Å²) in [6.45, 7) is 0. The van der Waals surface area contributed by atoms with Crippen molar-refractivity contribution in [3.05, 3.63) is 59.7 Å². The molecule has 0 aliphatic carbocycles. The van der Waals surface area contributed by atoms with E-state index in [1.807, 2.05) is 30.3 Å². The van der Waals surface area contributed by atoms with Gasteiger partial charge in [-0.3, -0.25) is 9.52 Å². The van der Waals surface area contributed by atoms with Crippen molar-refractivity contribution in [2.45, 2.75) is 25.7 Å². The third kappa shape index (κ3) is 4.35. The van der Waals surface area contributed by atoms with Gasteiger partial charge in [0.1, 0.15) is 0 Å². The smallest absolute Gasteiger partial charge is 0.232 e. The Morgan fingerprint density at radius 2 is 1.83 bits per heavy atom. The Kier molecular flexibility index (Phi) is 4.85. The van der Waals surface area contributed by atoms with E-state index in [1.165, 1.54) is 0 Å². The molecule has 126 valence electrons. The van der Waals surface area contributed by atoms with Crippen LogP contribution >= 0.6 is 0 Å². The number of hydrogen-bond donors (Lipinski definition) is 2. The molecule has 24 heavy (non-hydrogen) atoms. The minimum Gasteiger partial charge on any atom is -0.326 e. The number of hydrogen-bond acceptors (Lipinski definition) is 3. The normalized spacial score (nSPS) is 13.9. The quantitative estimate of drug-likeness (QED) is 0.846. The van der Waals surface area contributed by atoms with E-state index < -0.39 is 10.0 Å². The third-order valence-electron chi connectivity index (χ3n) is 4.00. The third-order valence-corrected chi connectivity index (χ3v) is 5.37. The minimum absolute atomic E-state index is 0.00302. The Hall–Kier alpha value is -2.34. The van der Waals surface area contributed by atoms with Crippen molar-refractivity contribution in [1.82, 2.24) is 0 Å². The van der Waals surface area contributed by atoms with E-state index in [2.05, 4.69) is 10.0 Å². The lowest BCUT2D eigenvalue weighted by Crippen LogP contribution is -2.20. The predicted octanol–water partition coefficient (Wildman–Crippen LogP) is 2.95. The van der Waals surface area contributed by atoms with E-state index in [0.717, 1.165) is 23.2 Å². The Labute approximate surface area is 142 Å². The zero-order chi connectivity index (χ0) is 17.0. The summed E-state index contributed by atoms with van der Waals surface area (Å²) in [5.74, 6) is 0.0761. The summed E-state index contributed by atoms with van der Waals surface area (Å²) in [4.78, 5) is 11.4. The Bertz CT molecular complexity index is 833. The number of amides is 1. The van der Waals surface area contributed by atoms with Gasteiger partial charge in [-0.15, -0.1) is 0 Å². The summed E-state index contributed by atoms with van der Waals surface area (Å²) in [6.07, 6.45) is 2.36. The predicted molar refractivity (Wildman–Crippen MR) is 95.6 cm³/mol. The molecule has 0 radical (unpaired) electrons. The summed E-state index contributed by atoms with van der Waals surface area (Å²) in [6, 6.07) is 15.1. The molecule has 1 aliphatic rings. The molecular weight excluding hydrogens is 324 g/mol. The van der Waals surface area contributed by atoms with Gasteiger partial charge < -0.3 is 5.32 Å². The molecule has 1 aliphatic heterocycles. The van der Waals surface area contributed by atoms with Crippen LogP contribution in [0.4, 0.5) is 11.4 Å². The van der Waals surface area contributed by atoms with Gasteiger partial charge in [0.05, 0.1) is 5.75 Å². The number of nitrogens with one attached hydrogen (secondary N) is 2. The van der Waals surface area contributed by atoms with Crippen molar-refractivity contribution < 1.29 is 13.2 Å². The number of fused-ring (bicyclic) bond motifs is 1. The molecule has 0 bridgehead atoms. The zero-order valence-corrected chi connectivity index (χ0v) is 14.1. The van der Waals surface area contributed by atoms with Gasteiger partial charge in [0.2, 0.25) is 15.9 Å². The van der Waals surface area contributed by atoms with Crippen LogP contribution in [0.1, 0.15) is 24.0 Å². The molecule has 5 nitrogen and oxygen atoms in total. The second-order valence-electron chi connectivity index (χ2n) is 5.93. The van der Waals surface area contributed by atoms with Gasteiger partial charge in [-0.1, -0.05) is 30.3 Å². The maximum absolute atomic E-state index is 12.2. The lowest BCUT2D eigenvalue weighted by Gasteiger charge is -2.18. The van der Waals surface area contributed by atoms with Crippen LogP contribution in [0.25, 0.3) is 0 Å². The molecule has 0 saturated carbocycles. The van der Waals surface area contributed by atoms with Crippen LogP contribution < -0.4 is 10.0 Å².